The number of nitrogens with one attached hydrogen (secondary N) is 1. The Labute approximate surface area is 151 Å². The molecule has 1 heterocycles. The molecular weight excluding hydrogens is 316 g/mol. The van der Waals surface area contributed by atoms with Gasteiger partial charge in [-0.2, -0.15) is 4.57 Å². The highest BCUT2D eigenvalue weighted by molar-refractivity contribution is 5.75. The lowest BCUT2D eigenvalue weighted by molar-refractivity contribution is -0.690. The van der Waals surface area contributed by atoms with Gasteiger partial charge in [0.15, 0.2) is 18.9 Å². The molecule has 1 aromatic heterocycles. The van der Waals surface area contributed by atoms with E-state index in [0.717, 1.165) is 18.4 Å². The van der Waals surface area contributed by atoms with Crippen LogP contribution in [0.1, 0.15) is 76.7 Å². The summed E-state index contributed by atoms with van der Waals surface area (Å²) in [5, 5.41) is 13.4. The van der Waals surface area contributed by atoms with Crippen LogP contribution in [0.4, 0.5) is 0 Å². The monoisotopic (exact) mass is 348 g/mol. The maximum Gasteiger partial charge on any atom is 0.220 e. The second-order valence-corrected chi connectivity index (χ2v) is 6.61. The Morgan fingerprint density at radius 3 is 2.08 bits per heavy atom. The van der Waals surface area contributed by atoms with E-state index in [2.05, 4.69) is 12.2 Å². The summed E-state index contributed by atoms with van der Waals surface area (Å²) >= 11 is 0. The van der Waals surface area contributed by atoms with E-state index in [-0.39, 0.29) is 12.5 Å². The summed E-state index contributed by atoms with van der Waals surface area (Å²) in [6, 6.07) is 3.61. The maximum atomic E-state index is 11.8. The molecule has 0 saturated carbocycles. The van der Waals surface area contributed by atoms with Crippen molar-refractivity contribution in [3.8, 4) is 0 Å². The largest absolute Gasteiger partial charge is 0.544 e. The molecule has 5 nitrogen and oxygen atoms in total. The highest BCUT2D eigenvalue weighted by Gasteiger charge is 2.04. The number of unbranched alkanes of at least 4 members (excludes halogenated alkanes) is 8. The van der Waals surface area contributed by atoms with Gasteiger partial charge >= 0.3 is 0 Å². The molecule has 0 aliphatic rings. The van der Waals surface area contributed by atoms with Crippen LogP contribution in [0.3, 0.4) is 0 Å². The number of carbonyl (C=O) groups is 2. The third-order valence-electron chi connectivity index (χ3n) is 4.27. The lowest BCUT2D eigenvalue weighted by atomic mass is 10.1. The average Bonchev–Trinajstić information content (AvgIpc) is 2.59. The Bertz CT molecular complexity index is 500. The Kier molecular flexibility index (Phi) is 11.3. The summed E-state index contributed by atoms with van der Waals surface area (Å²) in [7, 11) is 0. The third-order valence-corrected chi connectivity index (χ3v) is 4.27. The van der Waals surface area contributed by atoms with Gasteiger partial charge in [0.2, 0.25) is 5.91 Å². The minimum Gasteiger partial charge on any atom is -0.544 e. The Balaban J connectivity index is 2.04. The van der Waals surface area contributed by atoms with Gasteiger partial charge in [-0.3, -0.25) is 4.79 Å². The van der Waals surface area contributed by atoms with E-state index in [1.807, 2.05) is 12.1 Å². The van der Waals surface area contributed by atoms with E-state index in [9.17, 15) is 14.7 Å². The van der Waals surface area contributed by atoms with Crippen molar-refractivity contribution in [1.82, 2.24) is 5.32 Å². The number of rotatable bonds is 14. The number of carboxylic acid groups (broad SMARTS) is 1. The molecule has 140 valence electrons. The molecule has 0 unspecified atom stereocenters. The summed E-state index contributed by atoms with van der Waals surface area (Å²) in [4.78, 5) is 22.3. The first-order valence-electron chi connectivity index (χ1n) is 9.56. The zero-order chi connectivity index (χ0) is 18.3. The number of carbonyl (C=O) groups excluding carboxylic acids is 2. The SMILES string of the molecule is CCCCCCCCCCCC(=O)NCc1cc[n+](CC(=O)[O-])cc1. The first-order valence-corrected chi connectivity index (χ1v) is 9.56. The second kappa shape index (κ2) is 13.4. The van der Waals surface area contributed by atoms with Crippen molar-refractivity contribution >= 4 is 11.9 Å². The highest BCUT2D eigenvalue weighted by Crippen LogP contribution is 2.10. The van der Waals surface area contributed by atoms with Crippen LogP contribution < -0.4 is 15.0 Å². The van der Waals surface area contributed by atoms with E-state index in [1.165, 1.54) is 49.5 Å². The molecule has 0 spiro atoms. The lowest BCUT2D eigenvalue weighted by Crippen LogP contribution is -2.43. The molecule has 1 rings (SSSR count). The van der Waals surface area contributed by atoms with Crippen LogP contribution in [0.5, 0.6) is 0 Å². The van der Waals surface area contributed by atoms with Gasteiger partial charge in [0.05, 0.1) is 0 Å². The van der Waals surface area contributed by atoms with Crippen molar-refractivity contribution in [2.45, 2.75) is 84.2 Å². The Morgan fingerprint density at radius 2 is 1.52 bits per heavy atom. The molecule has 0 radical (unpaired) electrons. The summed E-state index contributed by atoms with van der Waals surface area (Å²) in [5.41, 5.74) is 0.954. The number of amides is 1. The normalized spacial score (nSPS) is 10.6. The summed E-state index contributed by atoms with van der Waals surface area (Å²) in [5.74, 6) is -1.04. The van der Waals surface area contributed by atoms with E-state index < -0.39 is 5.97 Å². The van der Waals surface area contributed by atoms with Crippen molar-refractivity contribution in [3.05, 3.63) is 30.1 Å². The number of aromatic nitrogens is 1. The number of pyridine rings is 1. The fourth-order valence-corrected chi connectivity index (χ4v) is 2.75. The van der Waals surface area contributed by atoms with Gasteiger partial charge in [0, 0.05) is 25.1 Å². The summed E-state index contributed by atoms with van der Waals surface area (Å²) < 4.78 is 1.53. The first-order chi connectivity index (χ1) is 12.1. The van der Waals surface area contributed by atoms with Gasteiger partial charge in [0.25, 0.3) is 0 Å². The van der Waals surface area contributed by atoms with Crippen LogP contribution in [0.25, 0.3) is 0 Å². The average molecular weight is 348 g/mol. The zero-order valence-electron chi connectivity index (χ0n) is 15.5. The van der Waals surface area contributed by atoms with Gasteiger partial charge in [-0.15, -0.1) is 0 Å². The van der Waals surface area contributed by atoms with E-state index in [0.29, 0.717) is 13.0 Å². The van der Waals surface area contributed by atoms with Gasteiger partial charge in [-0.1, -0.05) is 58.3 Å². The maximum absolute atomic E-state index is 11.8. The van der Waals surface area contributed by atoms with Crippen molar-refractivity contribution in [2.24, 2.45) is 0 Å². The fourth-order valence-electron chi connectivity index (χ4n) is 2.75. The topological polar surface area (TPSA) is 73.1 Å². The number of nitrogens with zero attached hydrogens (tertiary/aromatic N) is 1. The third kappa shape index (κ3) is 11.3. The summed E-state index contributed by atoms with van der Waals surface area (Å²) in [6.45, 7) is 2.55. The van der Waals surface area contributed by atoms with Gasteiger partial charge in [-0.25, -0.2) is 0 Å². The van der Waals surface area contributed by atoms with Gasteiger partial charge in [0.1, 0.15) is 5.97 Å². The minimum absolute atomic E-state index is 0.0782. The smallest absolute Gasteiger partial charge is 0.220 e. The first kappa shape index (κ1) is 21.1. The molecule has 0 atom stereocenters. The molecule has 0 aliphatic carbocycles. The number of carboxylic acids is 1. The Hall–Kier alpha value is -1.91. The second-order valence-electron chi connectivity index (χ2n) is 6.61. The summed E-state index contributed by atoms with van der Waals surface area (Å²) in [6.07, 6.45) is 15.1. The number of hydrogen-bond donors (Lipinski definition) is 1. The molecule has 1 N–H and O–H groups in total. The quantitative estimate of drug-likeness (QED) is 0.414. The van der Waals surface area contributed by atoms with Crippen LogP contribution >= 0.6 is 0 Å². The van der Waals surface area contributed by atoms with Crippen molar-refractivity contribution in [2.75, 3.05) is 0 Å². The molecule has 1 aromatic rings. The predicted molar refractivity (Wildman–Crippen MR) is 95.3 cm³/mol. The fraction of sp³-hybridized carbons (Fsp3) is 0.650. The number of hydrogen-bond acceptors (Lipinski definition) is 3. The highest BCUT2D eigenvalue weighted by atomic mass is 16.4. The van der Waals surface area contributed by atoms with Crippen LogP contribution in [0.15, 0.2) is 24.5 Å². The lowest BCUT2D eigenvalue weighted by Gasteiger charge is -2.05. The van der Waals surface area contributed by atoms with Crippen LogP contribution in [-0.2, 0) is 22.7 Å². The van der Waals surface area contributed by atoms with Crippen molar-refractivity contribution in [3.63, 3.8) is 0 Å². The Morgan fingerprint density at radius 1 is 0.960 bits per heavy atom. The van der Waals surface area contributed by atoms with Crippen molar-refractivity contribution < 1.29 is 19.3 Å². The molecular formula is C20H32N2O3. The molecule has 0 bridgehead atoms. The predicted octanol–water partition coefficient (Wildman–Crippen LogP) is 2.26. The minimum atomic E-state index is -1.12. The molecule has 0 aliphatic heterocycles. The van der Waals surface area contributed by atoms with E-state index in [4.69, 9.17) is 0 Å². The molecule has 5 heteroatoms. The van der Waals surface area contributed by atoms with Gasteiger partial charge < -0.3 is 15.2 Å². The number of aliphatic carboxylic acids is 1. The molecule has 0 aromatic carbocycles. The van der Waals surface area contributed by atoms with Crippen LogP contribution in [0.2, 0.25) is 0 Å². The van der Waals surface area contributed by atoms with Crippen LogP contribution in [0, 0.1) is 0 Å². The standard InChI is InChI=1S/C20H32N2O3/c1-2-3-4-5-6-7-8-9-10-11-19(23)21-16-18-12-14-22(15-13-18)17-20(24)25/h12-15H,2-11,16-17H2,1H3,(H-,21,23,24,25). The molecule has 25 heavy (non-hydrogen) atoms. The zero-order valence-corrected chi connectivity index (χ0v) is 15.5. The molecule has 1 amide bonds. The molecule has 0 saturated heterocycles. The van der Waals surface area contributed by atoms with E-state index >= 15 is 0 Å². The van der Waals surface area contributed by atoms with Gasteiger partial charge in [-0.05, 0) is 12.0 Å². The van der Waals surface area contributed by atoms with Crippen molar-refractivity contribution in [1.29, 1.82) is 0 Å². The van der Waals surface area contributed by atoms with Crippen LogP contribution in [-0.4, -0.2) is 11.9 Å². The van der Waals surface area contributed by atoms with E-state index in [1.54, 1.807) is 12.4 Å². The molecule has 0 fully saturated rings.